The first-order chi connectivity index (χ1) is 13.6. The van der Waals surface area contributed by atoms with Crippen LogP contribution >= 0.6 is 0 Å². The fraction of sp³-hybridized carbons (Fsp3) is 0.708. The van der Waals surface area contributed by atoms with E-state index in [1.807, 2.05) is 19.9 Å². The second kappa shape index (κ2) is 8.27. The van der Waals surface area contributed by atoms with Gasteiger partial charge in [0.15, 0.2) is 11.5 Å². The van der Waals surface area contributed by atoms with Crippen molar-refractivity contribution in [2.24, 2.45) is 11.8 Å². The van der Waals surface area contributed by atoms with Crippen LogP contribution in [-0.4, -0.2) is 51.7 Å². The molecule has 1 aromatic carbocycles. The van der Waals surface area contributed by atoms with Gasteiger partial charge in [0, 0.05) is 29.9 Å². The number of carbonyl (C=O) groups excluding carboxylic acids is 1. The summed E-state index contributed by atoms with van der Waals surface area (Å²) in [7, 11) is 2.13. The van der Waals surface area contributed by atoms with E-state index in [4.69, 9.17) is 0 Å². The Morgan fingerprint density at radius 2 is 1.93 bits per heavy atom. The molecule has 0 radical (unpaired) electrons. The summed E-state index contributed by atoms with van der Waals surface area (Å²) in [6, 6.07) is 3.31. The Bertz CT molecular complexity index is 755. The number of ketones is 1. The number of rotatable bonds is 8. The molecular formula is C24H37NO4. The quantitative estimate of drug-likeness (QED) is 0.576. The number of phenolic OH excluding ortho intramolecular Hbond substituents is 2. The van der Waals surface area contributed by atoms with E-state index in [0.717, 1.165) is 31.0 Å². The van der Waals surface area contributed by atoms with Crippen LogP contribution in [0.25, 0.3) is 0 Å². The van der Waals surface area contributed by atoms with Crippen LogP contribution in [0.1, 0.15) is 70.4 Å². The van der Waals surface area contributed by atoms with E-state index in [9.17, 15) is 20.1 Å². The van der Waals surface area contributed by atoms with Crippen LogP contribution in [0.4, 0.5) is 0 Å². The lowest BCUT2D eigenvalue weighted by Crippen LogP contribution is -2.59. The molecule has 2 aliphatic carbocycles. The fourth-order valence-electron chi connectivity index (χ4n) is 5.52. The van der Waals surface area contributed by atoms with Crippen molar-refractivity contribution in [2.45, 2.75) is 76.7 Å². The predicted molar refractivity (Wildman–Crippen MR) is 114 cm³/mol. The number of hydrogen-bond acceptors (Lipinski definition) is 5. The molecule has 0 amide bonds. The molecule has 0 aliphatic heterocycles. The molecule has 2 fully saturated rings. The molecule has 0 heterocycles. The van der Waals surface area contributed by atoms with Crippen LogP contribution in [0.2, 0.25) is 0 Å². The van der Waals surface area contributed by atoms with Gasteiger partial charge in [0.2, 0.25) is 0 Å². The van der Waals surface area contributed by atoms with Crippen molar-refractivity contribution < 1.29 is 20.1 Å². The number of Topliss-reactive ketones (excluding diaryl/α,β-unsaturated/α-hetero) is 1. The van der Waals surface area contributed by atoms with Crippen LogP contribution in [0.3, 0.4) is 0 Å². The average Bonchev–Trinajstić information content (AvgIpc) is 3.48. The van der Waals surface area contributed by atoms with Gasteiger partial charge in [0.25, 0.3) is 0 Å². The summed E-state index contributed by atoms with van der Waals surface area (Å²) in [4.78, 5) is 15.2. The third kappa shape index (κ3) is 4.04. The van der Waals surface area contributed by atoms with Crippen molar-refractivity contribution in [1.82, 2.24) is 4.90 Å². The topological polar surface area (TPSA) is 81.0 Å². The SMILES string of the molecule is CCc1ccc(O)c(O)c1C1(CCCN(C)CC2CC2)C(C)C(=O)CCC1(C)O. The molecule has 29 heavy (non-hydrogen) atoms. The Morgan fingerprint density at radius 1 is 1.24 bits per heavy atom. The maximum Gasteiger partial charge on any atom is 0.161 e. The highest BCUT2D eigenvalue weighted by Gasteiger charge is 2.58. The Balaban J connectivity index is 2.02. The zero-order chi connectivity index (χ0) is 21.4. The molecule has 3 N–H and O–H groups in total. The molecule has 0 spiro atoms. The second-order valence-corrected chi connectivity index (χ2v) is 9.56. The van der Waals surface area contributed by atoms with Crippen LogP contribution in [0.15, 0.2) is 12.1 Å². The zero-order valence-electron chi connectivity index (χ0n) is 18.4. The predicted octanol–water partition coefficient (Wildman–Crippen LogP) is 3.77. The highest BCUT2D eigenvalue weighted by molar-refractivity contribution is 5.84. The number of hydrogen-bond donors (Lipinski definition) is 3. The van der Waals surface area contributed by atoms with Crippen molar-refractivity contribution in [3.8, 4) is 11.5 Å². The van der Waals surface area contributed by atoms with E-state index in [0.29, 0.717) is 31.2 Å². The molecule has 0 bridgehead atoms. The molecular weight excluding hydrogens is 366 g/mol. The average molecular weight is 404 g/mol. The Morgan fingerprint density at radius 3 is 2.55 bits per heavy atom. The van der Waals surface area contributed by atoms with E-state index in [1.54, 1.807) is 6.92 Å². The minimum absolute atomic E-state index is 0.118. The van der Waals surface area contributed by atoms with Gasteiger partial charge in [-0.2, -0.15) is 0 Å². The van der Waals surface area contributed by atoms with Gasteiger partial charge < -0.3 is 20.2 Å². The molecule has 5 heteroatoms. The van der Waals surface area contributed by atoms with Crippen LogP contribution in [0, 0.1) is 11.8 Å². The number of aryl methyl sites for hydroxylation is 1. The van der Waals surface area contributed by atoms with Gasteiger partial charge in [0.05, 0.1) is 5.60 Å². The molecule has 3 unspecified atom stereocenters. The summed E-state index contributed by atoms with van der Waals surface area (Å²) in [5.41, 5.74) is -0.620. The maximum atomic E-state index is 12.9. The molecule has 1 aromatic rings. The fourth-order valence-corrected chi connectivity index (χ4v) is 5.52. The number of phenols is 2. The molecule has 3 rings (SSSR count). The number of benzene rings is 1. The molecule has 0 aromatic heterocycles. The van der Waals surface area contributed by atoms with E-state index in [2.05, 4.69) is 11.9 Å². The van der Waals surface area contributed by atoms with E-state index < -0.39 is 16.9 Å². The molecule has 2 saturated carbocycles. The number of carbonyl (C=O) groups is 1. The lowest BCUT2D eigenvalue weighted by Gasteiger charge is -2.53. The van der Waals surface area contributed by atoms with Gasteiger partial charge in [-0.05, 0) is 76.6 Å². The summed E-state index contributed by atoms with van der Waals surface area (Å²) < 4.78 is 0. The van der Waals surface area contributed by atoms with Gasteiger partial charge >= 0.3 is 0 Å². The first-order valence-corrected chi connectivity index (χ1v) is 11.1. The summed E-state index contributed by atoms with van der Waals surface area (Å²) in [6.07, 6.45) is 5.40. The zero-order valence-corrected chi connectivity index (χ0v) is 18.4. The first-order valence-electron chi connectivity index (χ1n) is 11.1. The van der Waals surface area contributed by atoms with Gasteiger partial charge in [0.1, 0.15) is 5.78 Å². The van der Waals surface area contributed by atoms with Crippen molar-refractivity contribution in [3.63, 3.8) is 0 Å². The minimum Gasteiger partial charge on any atom is -0.504 e. The van der Waals surface area contributed by atoms with Crippen LogP contribution in [0.5, 0.6) is 11.5 Å². The minimum atomic E-state index is -1.15. The van der Waals surface area contributed by atoms with E-state index >= 15 is 0 Å². The third-order valence-electron chi connectivity index (χ3n) is 7.49. The van der Waals surface area contributed by atoms with Crippen molar-refractivity contribution in [2.75, 3.05) is 20.1 Å². The summed E-state index contributed by atoms with van der Waals surface area (Å²) >= 11 is 0. The van der Waals surface area contributed by atoms with E-state index in [1.165, 1.54) is 18.9 Å². The largest absolute Gasteiger partial charge is 0.504 e. The number of nitrogens with zero attached hydrogens (tertiary/aromatic N) is 1. The summed E-state index contributed by atoms with van der Waals surface area (Å²) in [5, 5.41) is 32.8. The highest BCUT2D eigenvalue weighted by Crippen LogP contribution is 2.56. The van der Waals surface area contributed by atoms with Gasteiger partial charge in [-0.1, -0.05) is 19.9 Å². The number of aliphatic hydroxyl groups is 1. The standard InChI is InChI=1S/C24H37NO4/c1-5-18-9-10-20(27)22(28)21(18)24(12-6-14-25(4)15-17-7-8-17)16(2)19(26)11-13-23(24,3)29/h9-10,16-17,27-29H,5-8,11-15H2,1-4H3. The second-order valence-electron chi connectivity index (χ2n) is 9.56. The monoisotopic (exact) mass is 403 g/mol. The molecule has 162 valence electrons. The maximum absolute atomic E-state index is 12.9. The normalized spacial score (nSPS) is 30.1. The van der Waals surface area contributed by atoms with Gasteiger partial charge in [-0.25, -0.2) is 0 Å². The van der Waals surface area contributed by atoms with Crippen molar-refractivity contribution in [3.05, 3.63) is 23.3 Å². The molecule has 5 nitrogen and oxygen atoms in total. The highest BCUT2D eigenvalue weighted by atomic mass is 16.3. The summed E-state index contributed by atoms with van der Waals surface area (Å²) in [5.74, 6) is 0.126. The Labute approximate surface area is 174 Å². The Kier molecular flexibility index (Phi) is 6.30. The van der Waals surface area contributed by atoms with Crippen LogP contribution < -0.4 is 0 Å². The molecule has 0 saturated heterocycles. The van der Waals surface area contributed by atoms with Gasteiger partial charge in [-0.3, -0.25) is 4.79 Å². The van der Waals surface area contributed by atoms with Crippen LogP contribution in [-0.2, 0) is 16.6 Å². The summed E-state index contributed by atoms with van der Waals surface area (Å²) in [6.45, 7) is 7.65. The van der Waals surface area contributed by atoms with E-state index in [-0.39, 0.29) is 17.3 Å². The lowest BCUT2D eigenvalue weighted by molar-refractivity contribution is -0.143. The lowest BCUT2D eigenvalue weighted by atomic mass is 9.52. The third-order valence-corrected chi connectivity index (χ3v) is 7.49. The van der Waals surface area contributed by atoms with Crippen molar-refractivity contribution >= 4 is 5.78 Å². The van der Waals surface area contributed by atoms with Crippen molar-refractivity contribution in [1.29, 1.82) is 0 Å². The Hall–Kier alpha value is -1.59. The number of aromatic hydroxyl groups is 2. The van der Waals surface area contributed by atoms with Gasteiger partial charge in [-0.15, -0.1) is 0 Å². The molecule has 2 aliphatic rings. The molecule has 3 atom stereocenters. The first kappa shape index (κ1) is 22.1. The smallest absolute Gasteiger partial charge is 0.161 e.